The number of rotatable bonds is 3. The predicted molar refractivity (Wildman–Crippen MR) is 69.2 cm³/mol. The summed E-state index contributed by atoms with van der Waals surface area (Å²) in [6, 6.07) is 9.99. The average Bonchev–Trinajstić information content (AvgIpc) is 2.35. The number of aryl methyl sites for hydroxylation is 1. The van der Waals surface area contributed by atoms with Gasteiger partial charge in [0.05, 0.1) is 7.11 Å². The van der Waals surface area contributed by atoms with Crippen molar-refractivity contribution in [2.45, 2.75) is 13.3 Å². The Labute approximate surface area is 101 Å². The Kier molecular flexibility index (Phi) is 3.28. The third-order valence-corrected chi connectivity index (χ3v) is 2.86. The van der Waals surface area contributed by atoms with Gasteiger partial charge < -0.3 is 10.5 Å². The smallest absolute Gasteiger partial charge is 0.127 e. The Bertz CT molecular complexity index is 486. The number of benzene rings is 1. The van der Waals surface area contributed by atoms with Crippen molar-refractivity contribution in [1.82, 2.24) is 4.98 Å². The first-order valence-corrected chi connectivity index (χ1v) is 5.53. The van der Waals surface area contributed by atoms with Gasteiger partial charge in [0.1, 0.15) is 11.6 Å². The molecular formula is C14H16N2O. The van der Waals surface area contributed by atoms with Crippen LogP contribution in [0.25, 0.3) is 0 Å². The number of hydrogen-bond donors (Lipinski definition) is 1. The Morgan fingerprint density at radius 3 is 2.47 bits per heavy atom. The molecule has 0 aliphatic carbocycles. The second-order valence-corrected chi connectivity index (χ2v) is 4.02. The highest BCUT2D eigenvalue weighted by atomic mass is 16.5. The lowest BCUT2D eigenvalue weighted by molar-refractivity contribution is 0.414. The molecule has 1 heterocycles. The molecule has 0 saturated carbocycles. The second-order valence-electron chi connectivity index (χ2n) is 4.02. The normalized spacial score (nSPS) is 10.2. The van der Waals surface area contributed by atoms with Gasteiger partial charge in [0.2, 0.25) is 0 Å². The summed E-state index contributed by atoms with van der Waals surface area (Å²) in [6.45, 7) is 2.05. The van der Waals surface area contributed by atoms with Gasteiger partial charge in [-0.05, 0) is 36.2 Å². The molecule has 0 aliphatic heterocycles. The van der Waals surface area contributed by atoms with Gasteiger partial charge in [0, 0.05) is 18.2 Å². The van der Waals surface area contributed by atoms with Gasteiger partial charge in [0.15, 0.2) is 0 Å². The lowest BCUT2D eigenvalue weighted by atomic mass is 10.0. The molecule has 3 heteroatoms. The van der Waals surface area contributed by atoms with Gasteiger partial charge in [-0.15, -0.1) is 0 Å². The van der Waals surface area contributed by atoms with Crippen LogP contribution in [0.15, 0.2) is 36.5 Å². The van der Waals surface area contributed by atoms with E-state index < -0.39 is 0 Å². The zero-order valence-electron chi connectivity index (χ0n) is 10.1. The first-order valence-electron chi connectivity index (χ1n) is 5.53. The molecule has 0 unspecified atom stereocenters. The number of aromatic nitrogens is 1. The molecule has 0 amide bonds. The molecule has 0 bridgehead atoms. The third-order valence-electron chi connectivity index (χ3n) is 2.86. The summed E-state index contributed by atoms with van der Waals surface area (Å²) in [6.07, 6.45) is 2.54. The summed E-state index contributed by atoms with van der Waals surface area (Å²) in [7, 11) is 1.66. The number of nitrogens with zero attached hydrogens (tertiary/aromatic N) is 1. The van der Waals surface area contributed by atoms with E-state index in [4.69, 9.17) is 10.5 Å². The van der Waals surface area contributed by atoms with Gasteiger partial charge in [-0.2, -0.15) is 0 Å². The van der Waals surface area contributed by atoms with Crippen molar-refractivity contribution in [3.8, 4) is 5.75 Å². The van der Waals surface area contributed by atoms with Crippen molar-refractivity contribution in [3.05, 3.63) is 53.2 Å². The first-order chi connectivity index (χ1) is 8.20. The lowest BCUT2D eigenvalue weighted by Gasteiger charge is -2.08. The van der Waals surface area contributed by atoms with Crippen molar-refractivity contribution in [2.75, 3.05) is 12.8 Å². The van der Waals surface area contributed by atoms with Crippen LogP contribution < -0.4 is 10.5 Å². The van der Waals surface area contributed by atoms with Crippen molar-refractivity contribution < 1.29 is 4.74 Å². The molecule has 0 aliphatic rings. The molecule has 88 valence electrons. The monoisotopic (exact) mass is 228 g/mol. The summed E-state index contributed by atoms with van der Waals surface area (Å²) in [4.78, 5) is 4.12. The fourth-order valence-corrected chi connectivity index (χ4v) is 1.79. The van der Waals surface area contributed by atoms with Crippen LogP contribution in [-0.4, -0.2) is 12.1 Å². The average molecular weight is 228 g/mol. The Balaban J connectivity index is 2.25. The van der Waals surface area contributed by atoms with Crippen LogP contribution in [0.2, 0.25) is 0 Å². The number of hydrogen-bond acceptors (Lipinski definition) is 3. The molecule has 3 nitrogen and oxygen atoms in total. The van der Waals surface area contributed by atoms with Crippen LogP contribution in [0.3, 0.4) is 0 Å². The summed E-state index contributed by atoms with van der Waals surface area (Å²) in [5.74, 6) is 1.48. The molecule has 0 radical (unpaired) electrons. The molecule has 2 rings (SSSR count). The molecule has 0 spiro atoms. The van der Waals surface area contributed by atoms with Crippen molar-refractivity contribution in [1.29, 1.82) is 0 Å². The predicted octanol–water partition coefficient (Wildman–Crippen LogP) is 2.57. The molecule has 0 saturated heterocycles. The zero-order valence-corrected chi connectivity index (χ0v) is 10.1. The Morgan fingerprint density at radius 1 is 1.18 bits per heavy atom. The number of ether oxygens (including phenoxy) is 1. The highest BCUT2D eigenvalue weighted by molar-refractivity contribution is 5.46. The van der Waals surface area contributed by atoms with Crippen LogP contribution >= 0.6 is 0 Å². The minimum absolute atomic E-state index is 0.612. The van der Waals surface area contributed by atoms with Crippen LogP contribution in [0, 0.1) is 6.92 Å². The SMILES string of the molecule is COc1ccc(Cc2c(C)ccnc2N)cc1. The fourth-order valence-electron chi connectivity index (χ4n) is 1.79. The van der Waals surface area contributed by atoms with Gasteiger partial charge >= 0.3 is 0 Å². The molecule has 2 aromatic rings. The van der Waals surface area contributed by atoms with Crippen molar-refractivity contribution in [2.24, 2.45) is 0 Å². The minimum Gasteiger partial charge on any atom is -0.497 e. The number of anilines is 1. The minimum atomic E-state index is 0.612. The van der Waals surface area contributed by atoms with E-state index in [1.54, 1.807) is 13.3 Å². The maximum absolute atomic E-state index is 5.89. The summed E-state index contributed by atoms with van der Waals surface area (Å²) in [5, 5.41) is 0. The second kappa shape index (κ2) is 4.87. The highest BCUT2D eigenvalue weighted by Gasteiger charge is 2.05. The van der Waals surface area contributed by atoms with Crippen LogP contribution in [-0.2, 0) is 6.42 Å². The van der Waals surface area contributed by atoms with E-state index in [0.717, 1.165) is 17.7 Å². The van der Waals surface area contributed by atoms with E-state index in [1.165, 1.54) is 11.1 Å². The maximum Gasteiger partial charge on any atom is 0.127 e. The van der Waals surface area contributed by atoms with Crippen LogP contribution in [0.4, 0.5) is 5.82 Å². The molecule has 0 fully saturated rings. The van der Waals surface area contributed by atoms with Gasteiger partial charge in [-0.3, -0.25) is 0 Å². The summed E-state index contributed by atoms with van der Waals surface area (Å²) in [5.41, 5.74) is 9.36. The number of nitrogens with two attached hydrogens (primary N) is 1. The van der Waals surface area contributed by atoms with Gasteiger partial charge in [-0.1, -0.05) is 12.1 Å². The van der Waals surface area contributed by atoms with Gasteiger partial charge in [-0.25, -0.2) is 4.98 Å². The molecule has 2 N–H and O–H groups in total. The Hall–Kier alpha value is -2.03. The summed E-state index contributed by atoms with van der Waals surface area (Å²) < 4.78 is 5.13. The molecule has 1 aromatic heterocycles. The van der Waals surface area contributed by atoms with Crippen molar-refractivity contribution in [3.63, 3.8) is 0 Å². The molecule has 17 heavy (non-hydrogen) atoms. The van der Waals surface area contributed by atoms with E-state index in [1.807, 2.05) is 30.3 Å². The topological polar surface area (TPSA) is 48.1 Å². The molecular weight excluding hydrogens is 212 g/mol. The van der Waals surface area contributed by atoms with Gasteiger partial charge in [0.25, 0.3) is 0 Å². The molecule has 0 atom stereocenters. The van der Waals surface area contributed by atoms with Crippen molar-refractivity contribution >= 4 is 5.82 Å². The Morgan fingerprint density at radius 2 is 1.88 bits per heavy atom. The van der Waals surface area contributed by atoms with E-state index >= 15 is 0 Å². The number of methoxy groups -OCH3 is 1. The fraction of sp³-hybridized carbons (Fsp3) is 0.214. The van der Waals surface area contributed by atoms with E-state index in [9.17, 15) is 0 Å². The maximum atomic E-state index is 5.89. The van der Waals surface area contributed by atoms with E-state index in [0.29, 0.717) is 5.82 Å². The van der Waals surface area contributed by atoms with Crippen LogP contribution in [0.1, 0.15) is 16.7 Å². The van der Waals surface area contributed by atoms with E-state index in [2.05, 4.69) is 11.9 Å². The largest absolute Gasteiger partial charge is 0.497 e. The zero-order chi connectivity index (χ0) is 12.3. The highest BCUT2D eigenvalue weighted by Crippen LogP contribution is 2.20. The van der Waals surface area contributed by atoms with E-state index in [-0.39, 0.29) is 0 Å². The number of nitrogen functional groups attached to an aromatic ring is 1. The first kappa shape index (κ1) is 11.5. The summed E-state index contributed by atoms with van der Waals surface area (Å²) >= 11 is 0. The lowest BCUT2D eigenvalue weighted by Crippen LogP contribution is -2.01. The quantitative estimate of drug-likeness (QED) is 0.878. The third kappa shape index (κ3) is 2.56. The standard InChI is InChI=1S/C14H16N2O/c1-10-7-8-16-14(15)13(10)9-11-3-5-12(17-2)6-4-11/h3-8H,9H2,1-2H3,(H2,15,16). The number of pyridine rings is 1. The van der Waals surface area contributed by atoms with Crippen LogP contribution in [0.5, 0.6) is 5.75 Å². The molecule has 1 aromatic carbocycles.